The van der Waals surface area contributed by atoms with Gasteiger partial charge in [-0.3, -0.25) is 19.1 Å². The third kappa shape index (κ3) is 5.76. The molecule has 3 aliphatic rings. The van der Waals surface area contributed by atoms with Crippen LogP contribution in [0.25, 0.3) is 95.1 Å². The molecule has 366 valence electrons. The maximum Gasteiger partial charge on any atom is 0.137 e. The number of aromatic nitrogens is 7. The van der Waals surface area contributed by atoms with Gasteiger partial charge in [0.05, 0.1) is 67.9 Å². The summed E-state index contributed by atoms with van der Waals surface area (Å²) in [7, 11) is 0. The molecule has 7 nitrogen and oxygen atoms in total. The van der Waals surface area contributed by atoms with Gasteiger partial charge in [-0.2, -0.15) is 0 Å². The Labute approximate surface area is 450 Å². The summed E-state index contributed by atoms with van der Waals surface area (Å²) in [5.41, 5.74) is 18.0. The van der Waals surface area contributed by atoms with Crippen molar-refractivity contribution in [3.05, 3.63) is 306 Å². The van der Waals surface area contributed by atoms with Crippen LogP contribution in [0, 0.1) is 0 Å². The fraction of sp³-hybridized carbons (Fsp3) is 0.0423. The standard InChI is InChI=1S/C71H47N7/c1-3-18-48-49-21-6-13-29-62(49)77(60(48)4-2)68-33-16-31-66(74-68)70-54-24-8-10-26-56(54)71(57-27-11-9-25-55(57)70,67-32-17-34-69(75-67)78-63-30-14-7-23-51(63)53-38-40-73-44-65(53)78)59-42-46(35-36-58(59)70)45-19-15-20-47(41-45)76-61-28-12-5-22-50(61)52-37-39-72-43-64(52)76/h3-44H,2H2,1H3/b18-3-. The first-order valence-corrected chi connectivity index (χ1v) is 26.6. The number of fused-ring (bicyclic) bond motifs is 7. The van der Waals surface area contributed by atoms with E-state index in [4.69, 9.17) is 9.97 Å². The molecule has 0 unspecified atom stereocenters. The van der Waals surface area contributed by atoms with Crippen molar-refractivity contribution in [2.45, 2.75) is 17.8 Å². The number of benzene rings is 7. The van der Waals surface area contributed by atoms with E-state index in [0.717, 1.165) is 100 Å². The Morgan fingerprint density at radius 1 is 0.397 bits per heavy atom. The van der Waals surface area contributed by atoms with Crippen molar-refractivity contribution in [3.63, 3.8) is 0 Å². The molecule has 0 fully saturated rings. The van der Waals surface area contributed by atoms with E-state index in [-0.39, 0.29) is 0 Å². The molecule has 7 aromatic carbocycles. The number of rotatable bonds is 8. The maximum absolute atomic E-state index is 5.92. The van der Waals surface area contributed by atoms with Gasteiger partial charge in [0.25, 0.3) is 0 Å². The van der Waals surface area contributed by atoms with E-state index in [2.05, 4.69) is 262 Å². The van der Waals surface area contributed by atoms with Gasteiger partial charge < -0.3 is 4.57 Å². The molecule has 7 heterocycles. The summed E-state index contributed by atoms with van der Waals surface area (Å²) >= 11 is 0. The molecule has 0 amide bonds. The lowest BCUT2D eigenvalue weighted by molar-refractivity contribution is 0.538. The monoisotopic (exact) mass is 997 g/mol. The van der Waals surface area contributed by atoms with Gasteiger partial charge in [0.15, 0.2) is 0 Å². The van der Waals surface area contributed by atoms with Gasteiger partial charge in [-0.25, -0.2) is 9.97 Å². The lowest BCUT2D eigenvalue weighted by Crippen LogP contribution is -2.52. The summed E-state index contributed by atoms with van der Waals surface area (Å²) in [6.07, 6.45) is 13.9. The third-order valence-electron chi connectivity index (χ3n) is 16.9. The average Bonchev–Trinajstić information content (AvgIpc) is 3.79. The Morgan fingerprint density at radius 3 is 1.47 bits per heavy atom. The molecular weight excluding hydrogens is 951 g/mol. The van der Waals surface area contributed by atoms with Crippen LogP contribution in [0.2, 0.25) is 0 Å². The van der Waals surface area contributed by atoms with Crippen molar-refractivity contribution < 1.29 is 0 Å². The van der Waals surface area contributed by atoms with E-state index in [9.17, 15) is 0 Å². The van der Waals surface area contributed by atoms with Crippen LogP contribution >= 0.6 is 0 Å². The largest absolute Gasteiger partial charge is 0.308 e. The average molecular weight is 998 g/mol. The molecule has 0 saturated carbocycles. The summed E-state index contributed by atoms with van der Waals surface area (Å²) < 4.78 is 6.89. The Hall–Kier alpha value is -10.2. The smallest absolute Gasteiger partial charge is 0.137 e. The molecule has 3 aliphatic carbocycles. The number of hydrogen-bond donors (Lipinski definition) is 0. The van der Waals surface area contributed by atoms with E-state index >= 15 is 0 Å². The second-order valence-corrected chi connectivity index (χ2v) is 20.5. The zero-order valence-corrected chi connectivity index (χ0v) is 42.6. The molecule has 0 spiro atoms. The van der Waals surface area contributed by atoms with Gasteiger partial charge in [0, 0.05) is 50.6 Å². The van der Waals surface area contributed by atoms with Gasteiger partial charge in [0.2, 0.25) is 0 Å². The summed E-state index contributed by atoms with van der Waals surface area (Å²) in [6, 6.07) is 77.4. The fourth-order valence-electron chi connectivity index (χ4n) is 13.9. The van der Waals surface area contributed by atoms with Gasteiger partial charge in [-0.15, -0.1) is 0 Å². The highest BCUT2D eigenvalue weighted by molar-refractivity contribution is 6.10. The number of nitrogens with zero attached hydrogens (tertiary/aromatic N) is 7. The van der Waals surface area contributed by atoms with Gasteiger partial charge in [-0.1, -0.05) is 158 Å². The van der Waals surface area contributed by atoms with Crippen molar-refractivity contribution in [3.8, 4) is 28.5 Å². The highest BCUT2D eigenvalue weighted by Crippen LogP contribution is 2.66. The zero-order valence-electron chi connectivity index (χ0n) is 42.6. The fourth-order valence-corrected chi connectivity index (χ4v) is 13.9. The Bertz CT molecular complexity index is 4720. The predicted molar refractivity (Wildman–Crippen MR) is 317 cm³/mol. The molecular formula is C71H47N7. The Kier molecular flexibility index (Phi) is 9.40. The normalized spacial score (nSPS) is 16.4. The summed E-state index contributed by atoms with van der Waals surface area (Å²) in [6.45, 7) is 6.43. The molecule has 0 N–H and O–H groups in total. The Morgan fingerprint density at radius 2 is 0.872 bits per heavy atom. The second-order valence-electron chi connectivity index (χ2n) is 20.5. The molecule has 7 heteroatoms. The van der Waals surface area contributed by atoms with Crippen molar-refractivity contribution in [2.24, 2.45) is 0 Å². The molecule has 0 atom stereocenters. The first kappa shape index (κ1) is 44.1. The molecule has 0 saturated heterocycles. The van der Waals surface area contributed by atoms with Crippen LogP contribution in [0.1, 0.15) is 62.9 Å². The molecule has 78 heavy (non-hydrogen) atoms. The van der Waals surface area contributed by atoms with E-state index in [1.54, 1.807) is 0 Å². The lowest BCUT2D eigenvalue weighted by Gasteiger charge is -2.56. The summed E-state index contributed by atoms with van der Waals surface area (Å²) in [4.78, 5) is 21.1. The summed E-state index contributed by atoms with van der Waals surface area (Å²) in [5, 5.41) is 5.82. The molecule has 17 rings (SSSR count). The van der Waals surface area contributed by atoms with E-state index in [1.807, 2.05) is 30.9 Å². The SMILES string of the molecule is C=Cc1c(/C=C\C)c2ccccc2n1-c1cccc(C23c4ccccc4C(c4cccc(-n5c6ccccc6c6ccncc65)n4)(c4ccccc42)c2cc(-c4cccc(-n5c6ccccc6c6ccncc65)c4)ccc23)n1. The first-order chi connectivity index (χ1) is 38.6. The van der Waals surface area contributed by atoms with Crippen LogP contribution in [-0.4, -0.2) is 33.6 Å². The molecule has 7 aromatic heterocycles. The quantitative estimate of drug-likeness (QED) is 0.152. The van der Waals surface area contributed by atoms with E-state index < -0.39 is 10.8 Å². The van der Waals surface area contributed by atoms with Crippen LogP contribution in [-0.2, 0) is 10.8 Å². The minimum absolute atomic E-state index is 0.825. The van der Waals surface area contributed by atoms with Crippen LogP contribution in [0.5, 0.6) is 0 Å². The molecule has 2 bridgehead atoms. The zero-order chi connectivity index (χ0) is 51.7. The maximum atomic E-state index is 5.92. The third-order valence-corrected chi connectivity index (χ3v) is 16.9. The van der Waals surface area contributed by atoms with Gasteiger partial charge in [-0.05, 0) is 130 Å². The van der Waals surface area contributed by atoms with Crippen LogP contribution in [0.3, 0.4) is 0 Å². The van der Waals surface area contributed by atoms with Crippen molar-refractivity contribution >= 4 is 66.7 Å². The number of para-hydroxylation sites is 3. The lowest BCUT2D eigenvalue weighted by atomic mass is 9.45. The Balaban J connectivity index is 0.989. The molecule has 0 aliphatic heterocycles. The van der Waals surface area contributed by atoms with E-state index in [0.29, 0.717) is 0 Å². The van der Waals surface area contributed by atoms with E-state index in [1.165, 1.54) is 38.6 Å². The highest BCUT2D eigenvalue weighted by Gasteiger charge is 2.61. The van der Waals surface area contributed by atoms with Gasteiger partial charge in [0.1, 0.15) is 11.6 Å². The van der Waals surface area contributed by atoms with Gasteiger partial charge >= 0.3 is 0 Å². The van der Waals surface area contributed by atoms with Crippen molar-refractivity contribution in [1.29, 1.82) is 0 Å². The summed E-state index contributed by atoms with van der Waals surface area (Å²) in [5.74, 6) is 1.65. The minimum Gasteiger partial charge on any atom is -0.308 e. The molecule has 14 aromatic rings. The second kappa shape index (κ2) is 16.6. The van der Waals surface area contributed by atoms with Crippen molar-refractivity contribution in [1.82, 2.24) is 33.6 Å². The number of allylic oxidation sites excluding steroid dienone is 1. The highest BCUT2D eigenvalue weighted by atomic mass is 15.1. The van der Waals surface area contributed by atoms with Crippen LogP contribution in [0.15, 0.2) is 250 Å². The number of hydrogen-bond acceptors (Lipinski definition) is 4. The van der Waals surface area contributed by atoms with Crippen LogP contribution in [0.4, 0.5) is 0 Å². The predicted octanol–water partition coefficient (Wildman–Crippen LogP) is 16.1. The molecule has 0 radical (unpaired) electrons. The van der Waals surface area contributed by atoms with Crippen molar-refractivity contribution in [2.75, 3.05) is 0 Å². The van der Waals surface area contributed by atoms with Crippen LogP contribution < -0.4 is 0 Å². The minimum atomic E-state index is -0.866. The topological polar surface area (TPSA) is 66.3 Å². The number of pyridine rings is 4. The first-order valence-electron chi connectivity index (χ1n) is 26.6.